The molecular weight excluding hydrogens is 438 g/mol. The molecule has 5 rings (SSSR count). The third kappa shape index (κ3) is 4.62. The summed E-state index contributed by atoms with van der Waals surface area (Å²) in [5.41, 5.74) is 1.17. The number of fused-ring (bicyclic) bond motifs is 1. The van der Waals surface area contributed by atoms with Crippen molar-refractivity contribution < 1.29 is 18.0 Å². The highest BCUT2D eigenvalue weighted by atomic mass is 19.1. The second-order valence-corrected chi connectivity index (χ2v) is 8.39. The molecule has 2 aromatic carbocycles. The molecule has 0 spiro atoms. The van der Waals surface area contributed by atoms with Crippen LogP contribution < -0.4 is 5.32 Å². The molecule has 0 bridgehead atoms. The first-order valence-electron chi connectivity index (χ1n) is 11.4. The number of nitrogens with zero attached hydrogens (tertiary/aromatic N) is 3. The summed E-state index contributed by atoms with van der Waals surface area (Å²) in [6, 6.07) is 14.3. The molecule has 4 aromatic rings. The van der Waals surface area contributed by atoms with Crippen LogP contribution in [0.15, 0.2) is 59.0 Å². The highest BCUT2D eigenvalue weighted by Crippen LogP contribution is 2.28. The normalized spacial score (nSPS) is 13.4. The summed E-state index contributed by atoms with van der Waals surface area (Å²) in [6.07, 6.45) is 4.55. The number of furan rings is 1. The van der Waals surface area contributed by atoms with Crippen LogP contribution in [0.2, 0.25) is 0 Å². The molecule has 1 amide bonds. The van der Waals surface area contributed by atoms with Gasteiger partial charge in [0.05, 0.1) is 11.3 Å². The Balaban J connectivity index is 1.26. The highest BCUT2D eigenvalue weighted by Gasteiger charge is 2.18. The van der Waals surface area contributed by atoms with Crippen LogP contribution in [-0.2, 0) is 24.2 Å². The number of rotatable bonds is 6. The van der Waals surface area contributed by atoms with E-state index in [-0.39, 0.29) is 23.8 Å². The van der Waals surface area contributed by atoms with Gasteiger partial charge in [0.2, 0.25) is 5.91 Å². The lowest BCUT2D eigenvalue weighted by molar-refractivity contribution is -0.116. The summed E-state index contributed by atoms with van der Waals surface area (Å²) in [7, 11) is 0. The molecule has 0 saturated heterocycles. The molecule has 0 saturated carbocycles. The number of carbonyl (C=O) groups excluding carboxylic acids is 1. The summed E-state index contributed by atoms with van der Waals surface area (Å²) in [4.78, 5) is 12.5. The lowest BCUT2D eigenvalue weighted by Gasteiger charge is -2.10. The zero-order chi connectivity index (χ0) is 23.5. The number of hydrogen-bond donors (Lipinski definition) is 1. The molecule has 0 unspecified atom stereocenters. The summed E-state index contributed by atoms with van der Waals surface area (Å²) in [5, 5.41) is 11.3. The Kier molecular flexibility index (Phi) is 6.20. The van der Waals surface area contributed by atoms with Gasteiger partial charge in [0.25, 0.3) is 0 Å². The van der Waals surface area contributed by atoms with Crippen LogP contribution in [0.1, 0.15) is 37.3 Å². The van der Waals surface area contributed by atoms with Gasteiger partial charge in [0, 0.05) is 31.4 Å². The maximum Gasteiger partial charge on any atom is 0.224 e. The van der Waals surface area contributed by atoms with E-state index < -0.39 is 5.82 Å². The minimum Gasteiger partial charge on any atom is -0.461 e. The van der Waals surface area contributed by atoms with Crippen molar-refractivity contribution in [2.24, 2.45) is 0 Å². The Hall–Kier alpha value is -3.81. The predicted molar refractivity (Wildman–Crippen MR) is 124 cm³/mol. The van der Waals surface area contributed by atoms with E-state index in [2.05, 4.69) is 20.1 Å². The average molecular weight is 463 g/mol. The Morgan fingerprint density at radius 1 is 1.00 bits per heavy atom. The van der Waals surface area contributed by atoms with Crippen LogP contribution in [0.25, 0.3) is 22.7 Å². The first-order chi connectivity index (χ1) is 16.6. The predicted octanol–water partition coefficient (Wildman–Crippen LogP) is 5.78. The van der Waals surface area contributed by atoms with Crippen molar-refractivity contribution in [2.45, 2.75) is 45.1 Å². The molecule has 0 fully saturated rings. The van der Waals surface area contributed by atoms with Crippen molar-refractivity contribution in [1.29, 1.82) is 0 Å². The monoisotopic (exact) mass is 462 g/mol. The van der Waals surface area contributed by atoms with Gasteiger partial charge in [-0.15, -0.1) is 10.2 Å². The third-order valence-electron chi connectivity index (χ3n) is 6.01. The number of carbonyl (C=O) groups is 1. The number of halogens is 2. The van der Waals surface area contributed by atoms with Crippen molar-refractivity contribution >= 4 is 11.6 Å². The fourth-order valence-electron chi connectivity index (χ4n) is 4.23. The lowest BCUT2D eigenvalue weighted by atomic mass is 10.1. The number of benzene rings is 2. The third-order valence-corrected chi connectivity index (χ3v) is 6.01. The van der Waals surface area contributed by atoms with Crippen molar-refractivity contribution in [1.82, 2.24) is 14.8 Å². The number of anilines is 1. The molecule has 6 nitrogen and oxygen atoms in total. The van der Waals surface area contributed by atoms with Crippen LogP contribution in [0, 0.1) is 11.6 Å². The summed E-state index contributed by atoms with van der Waals surface area (Å²) in [5.74, 6) is 1.33. The van der Waals surface area contributed by atoms with Crippen LogP contribution >= 0.6 is 0 Å². The topological polar surface area (TPSA) is 73.0 Å². The molecule has 1 aliphatic rings. The van der Waals surface area contributed by atoms with Gasteiger partial charge in [0.15, 0.2) is 5.82 Å². The largest absolute Gasteiger partial charge is 0.461 e. The van der Waals surface area contributed by atoms with Gasteiger partial charge in [-0.25, -0.2) is 8.78 Å². The molecule has 8 heteroatoms. The summed E-state index contributed by atoms with van der Waals surface area (Å²) >= 11 is 0. The summed E-state index contributed by atoms with van der Waals surface area (Å²) in [6.45, 7) is 0.828. The molecule has 34 heavy (non-hydrogen) atoms. The quantitative estimate of drug-likeness (QED) is 0.394. The highest BCUT2D eigenvalue weighted by molar-refractivity contribution is 5.91. The van der Waals surface area contributed by atoms with E-state index in [0.717, 1.165) is 38.1 Å². The van der Waals surface area contributed by atoms with Crippen molar-refractivity contribution in [3.63, 3.8) is 0 Å². The Morgan fingerprint density at radius 3 is 2.76 bits per heavy atom. The van der Waals surface area contributed by atoms with Gasteiger partial charge < -0.3 is 14.3 Å². The lowest BCUT2D eigenvalue weighted by Crippen LogP contribution is -2.13. The number of amides is 1. The van der Waals surface area contributed by atoms with E-state index in [1.54, 1.807) is 42.5 Å². The second-order valence-electron chi connectivity index (χ2n) is 8.39. The fraction of sp³-hybridized carbons (Fsp3) is 0.269. The van der Waals surface area contributed by atoms with Gasteiger partial charge in [-0.1, -0.05) is 18.6 Å². The molecule has 1 N–H and O–H groups in total. The Labute approximate surface area is 195 Å². The number of aryl methyl sites for hydroxylation is 2. The number of aromatic nitrogens is 3. The maximum atomic E-state index is 14.5. The van der Waals surface area contributed by atoms with Crippen molar-refractivity contribution in [3.8, 4) is 22.7 Å². The standard InChI is InChI=1S/C26H24F2N4O2/c27-20-7-4-3-6-19(20)23-13-10-18(34-23)11-14-25(33)29-22-16-17(9-12-21(22)28)26-31-30-24-8-2-1-5-15-32(24)26/h3-4,6-7,9-10,12-13,16H,1-2,5,8,11,14-15H2,(H,29,33). The summed E-state index contributed by atoms with van der Waals surface area (Å²) < 4.78 is 36.2. The van der Waals surface area contributed by atoms with Crippen molar-refractivity contribution in [2.75, 3.05) is 5.32 Å². The number of hydrogen-bond acceptors (Lipinski definition) is 4. The van der Waals surface area contributed by atoms with Crippen LogP contribution in [0.3, 0.4) is 0 Å². The smallest absolute Gasteiger partial charge is 0.224 e. The Morgan fingerprint density at radius 2 is 1.88 bits per heavy atom. The molecule has 3 heterocycles. The first-order valence-corrected chi connectivity index (χ1v) is 11.4. The molecule has 0 radical (unpaired) electrons. The average Bonchev–Trinajstić information content (AvgIpc) is 3.40. The van der Waals surface area contributed by atoms with E-state index in [9.17, 15) is 13.6 Å². The molecule has 1 aliphatic heterocycles. The van der Waals surface area contributed by atoms with Gasteiger partial charge in [-0.3, -0.25) is 4.79 Å². The molecule has 174 valence electrons. The molecule has 0 aliphatic carbocycles. The second kappa shape index (κ2) is 9.59. The van der Waals surface area contributed by atoms with Gasteiger partial charge >= 0.3 is 0 Å². The fourth-order valence-corrected chi connectivity index (χ4v) is 4.23. The minimum absolute atomic E-state index is 0.0915. The van der Waals surface area contributed by atoms with Gasteiger partial charge in [-0.05, 0) is 55.3 Å². The van der Waals surface area contributed by atoms with Crippen LogP contribution in [-0.4, -0.2) is 20.7 Å². The molecule has 0 atom stereocenters. The van der Waals surface area contributed by atoms with E-state index in [4.69, 9.17) is 4.42 Å². The van der Waals surface area contributed by atoms with E-state index in [1.165, 1.54) is 12.1 Å². The SMILES string of the molecule is O=C(CCc1ccc(-c2ccccc2F)o1)Nc1cc(-c2nnc3n2CCCCC3)ccc1F. The van der Waals surface area contributed by atoms with E-state index >= 15 is 0 Å². The Bertz CT molecular complexity index is 1330. The van der Waals surface area contributed by atoms with Crippen LogP contribution in [0.4, 0.5) is 14.5 Å². The zero-order valence-electron chi connectivity index (χ0n) is 18.6. The zero-order valence-corrected chi connectivity index (χ0v) is 18.6. The van der Waals surface area contributed by atoms with Crippen LogP contribution in [0.5, 0.6) is 0 Å². The van der Waals surface area contributed by atoms with Gasteiger partial charge in [-0.2, -0.15) is 0 Å². The maximum absolute atomic E-state index is 14.5. The molecule has 2 aromatic heterocycles. The van der Waals surface area contributed by atoms with E-state index in [0.29, 0.717) is 34.9 Å². The van der Waals surface area contributed by atoms with Crippen molar-refractivity contribution in [3.05, 3.63) is 77.8 Å². The molecular formula is C26H24F2N4O2. The number of nitrogens with one attached hydrogen (secondary N) is 1. The minimum atomic E-state index is -0.521. The van der Waals surface area contributed by atoms with E-state index in [1.807, 2.05) is 0 Å². The van der Waals surface area contributed by atoms with Gasteiger partial charge in [0.1, 0.15) is 29.0 Å². The first kappa shape index (κ1) is 22.0.